The van der Waals surface area contributed by atoms with Crippen molar-refractivity contribution >= 4 is 12.4 Å². The van der Waals surface area contributed by atoms with Crippen molar-refractivity contribution in [1.29, 1.82) is 0 Å². The molecule has 126 valence electrons. The average molecular weight is 351 g/mol. The molecular formula is C17H19ClF3NO. The highest BCUT2D eigenvalue weighted by atomic mass is 35.5. The molecule has 2 aromatic rings. The summed E-state index contributed by atoms with van der Waals surface area (Å²) in [6, 6.07) is 1.74. The van der Waals surface area contributed by atoms with Gasteiger partial charge in [0.05, 0.1) is 12.4 Å². The maximum Gasteiger partial charge on any atom is 0.416 e. The first kappa shape index (κ1) is 12.7. The van der Waals surface area contributed by atoms with Gasteiger partial charge in [0.2, 0.25) is 0 Å². The number of rotatable bonds is 6. The average Bonchev–Trinajstić information content (AvgIpc) is 2.62. The monoisotopic (exact) mass is 350 g/mol. The normalized spacial score (nSPS) is 15.4. The summed E-state index contributed by atoms with van der Waals surface area (Å²) in [7, 11) is 1.68. The smallest absolute Gasteiger partial charge is 0.416 e. The van der Waals surface area contributed by atoms with Crippen LogP contribution in [0.25, 0.3) is 0 Å². The Morgan fingerprint density at radius 3 is 2.26 bits per heavy atom. The Labute approximate surface area is 147 Å². The predicted octanol–water partition coefficient (Wildman–Crippen LogP) is 4.86. The highest BCUT2D eigenvalue weighted by Crippen LogP contribution is 2.31. The fourth-order valence-corrected chi connectivity index (χ4v) is 1.85. The lowest BCUT2D eigenvalue weighted by Gasteiger charge is -2.20. The first-order valence-electron chi connectivity index (χ1n) is 9.13. The Hall–Kier alpha value is -1.72. The van der Waals surface area contributed by atoms with E-state index in [0.717, 1.165) is 24.3 Å². The van der Waals surface area contributed by atoms with Crippen LogP contribution in [-0.4, -0.2) is 13.6 Å². The van der Waals surface area contributed by atoms with E-state index in [4.69, 9.17) is 11.6 Å². The van der Waals surface area contributed by atoms with Crippen LogP contribution in [0.5, 0.6) is 5.75 Å². The Bertz CT molecular complexity index is 789. The molecular weight excluding hydrogens is 327 g/mol. The first-order chi connectivity index (χ1) is 12.6. The van der Waals surface area contributed by atoms with Crippen LogP contribution < -0.4 is 10.1 Å². The van der Waals surface area contributed by atoms with Gasteiger partial charge in [0.1, 0.15) is 11.9 Å². The SMILES string of the molecule is Cl.[2H]c1c([2H])c([2H])c([C@H](CCNC)Oc2ccc(C(F)(F)F)cc2)c([2H])c1[2H]. The summed E-state index contributed by atoms with van der Waals surface area (Å²) >= 11 is 0. The van der Waals surface area contributed by atoms with Gasteiger partial charge in [-0.2, -0.15) is 13.2 Å². The molecule has 23 heavy (non-hydrogen) atoms. The van der Waals surface area contributed by atoms with Crippen molar-refractivity contribution < 1.29 is 24.8 Å². The fraction of sp³-hybridized carbons (Fsp3) is 0.294. The number of alkyl halides is 3. The summed E-state index contributed by atoms with van der Waals surface area (Å²) in [5.41, 5.74) is -0.861. The molecule has 1 N–H and O–H groups in total. The van der Waals surface area contributed by atoms with Crippen molar-refractivity contribution in [2.75, 3.05) is 13.6 Å². The minimum atomic E-state index is -4.48. The van der Waals surface area contributed by atoms with Gasteiger partial charge in [0, 0.05) is 6.42 Å². The zero-order chi connectivity index (χ0) is 20.4. The van der Waals surface area contributed by atoms with E-state index in [1.54, 1.807) is 7.05 Å². The topological polar surface area (TPSA) is 21.3 Å². The van der Waals surface area contributed by atoms with Gasteiger partial charge >= 0.3 is 6.18 Å². The van der Waals surface area contributed by atoms with Gasteiger partial charge in [0.15, 0.2) is 0 Å². The van der Waals surface area contributed by atoms with Gasteiger partial charge in [-0.15, -0.1) is 12.4 Å². The van der Waals surface area contributed by atoms with E-state index < -0.39 is 48.1 Å². The molecule has 0 heterocycles. The lowest BCUT2D eigenvalue weighted by atomic mass is 10.1. The molecule has 0 unspecified atom stereocenters. The van der Waals surface area contributed by atoms with Gasteiger partial charge in [0.25, 0.3) is 0 Å². The molecule has 0 fully saturated rings. The third-order valence-corrected chi connectivity index (χ3v) is 2.96. The predicted molar refractivity (Wildman–Crippen MR) is 87.0 cm³/mol. The molecule has 2 rings (SSSR count). The number of hydrogen-bond acceptors (Lipinski definition) is 2. The third kappa shape index (κ3) is 5.77. The first-order valence-corrected chi connectivity index (χ1v) is 6.63. The van der Waals surface area contributed by atoms with E-state index in [0.29, 0.717) is 6.54 Å². The minimum absolute atomic E-state index is 0. The summed E-state index contributed by atoms with van der Waals surface area (Å²) in [6.45, 7) is 0.410. The van der Waals surface area contributed by atoms with Crippen molar-refractivity contribution in [1.82, 2.24) is 5.32 Å². The zero-order valence-electron chi connectivity index (χ0n) is 17.3. The molecule has 0 aliphatic rings. The molecule has 0 aliphatic heterocycles. The largest absolute Gasteiger partial charge is 0.486 e. The van der Waals surface area contributed by atoms with Crippen LogP contribution in [0.15, 0.2) is 54.5 Å². The molecule has 1 atom stereocenters. The molecule has 6 heteroatoms. The molecule has 0 saturated carbocycles. The number of ether oxygens (including phenoxy) is 1. The van der Waals surface area contributed by atoms with E-state index >= 15 is 0 Å². The van der Waals surface area contributed by atoms with Crippen molar-refractivity contribution in [2.24, 2.45) is 0 Å². The lowest BCUT2D eigenvalue weighted by molar-refractivity contribution is -0.137. The van der Waals surface area contributed by atoms with E-state index in [1.165, 1.54) is 0 Å². The Morgan fingerprint density at radius 2 is 1.74 bits per heavy atom. The number of benzene rings is 2. The van der Waals surface area contributed by atoms with Gasteiger partial charge < -0.3 is 10.1 Å². The van der Waals surface area contributed by atoms with E-state index in [2.05, 4.69) is 5.32 Å². The second kappa shape index (κ2) is 8.79. The molecule has 0 amide bonds. The van der Waals surface area contributed by atoms with Crippen LogP contribution in [0.4, 0.5) is 13.2 Å². The van der Waals surface area contributed by atoms with Crippen molar-refractivity contribution in [3.63, 3.8) is 0 Å². The van der Waals surface area contributed by atoms with Crippen LogP contribution in [0.1, 0.15) is 30.5 Å². The second-order valence-corrected chi connectivity index (χ2v) is 4.56. The van der Waals surface area contributed by atoms with Crippen molar-refractivity contribution in [2.45, 2.75) is 18.7 Å². The molecule has 0 saturated heterocycles. The quantitative estimate of drug-likeness (QED) is 0.803. The van der Waals surface area contributed by atoms with Crippen LogP contribution in [0.2, 0.25) is 0 Å². The maximum atomic E-state index is 12.7. The van der Waals surface area contributed by atoms with E-state index in [1.807, 2.05) is 0 Å². The van der Waals surface area contributed by atoms with Gasteiger partial charge in [-0.05, 0) is 43.4 Å². The zero-order valence-corrected chi connectivity index (χ0v) is 13.1. The highest BCUT2D eigenvalue weighted by Gasteiger charge is 2.30. The number of hydrogen-bond donors (Lipinski definition) is 1. The Kier molecular flexibility index (Phi) is 4.84. The fourth-order valence-electron chi connectivity index (χ4n) is 1.85. The summed E-state index contributed by atoms with van der Waals surface area (Å²) in [5, 5.41) is 2.88. The minimum Gasteiger partial charge on any atom is -0.486 e. The second-order valence-electron chi connectivity index (χ2n) is 4.56. The van der Waals surface area contributed by atoms with Crippen molar-refractivity contribution in [3.05, 3.63) is 65.6 Å². The highest BCUT2D eigenvalue weighted by molar-refractivity contribution is 5.85. The van der Waals surface area contributed by atoms with E-state index in [-0.39, 0.29) is 30.1 Å². The van der Waals surface area contributed by atoms with Crippen LogP contribution >= 0.6 is 12.4 Å². The molecule has 0 aromatic heterocycles. The third-order valence-electron chi connectivity index (χ3n) is 2.96. The number of halogens is 4. The summed E-state index contributed by atoms with van der Waals surface area (Å²) in [4.78, 5) is 0. The molecule has 2 nitrogen and oxygen atoms in total. The van der Waals surface area contributed by atoms with Crippen LogP contribution in [0.3, 0.4) is 0 Å². The maximum absolute atomic E-state index is 12.7. The molecule has 0 aliphatic carbocycles. The number of nitrogens with one attached hydrogen (secondary N) is 1. The van der Waals surface area contributed by atoms with Gasteiger partial charge in [-0.25, -0.2) is 0 Å². The summed E-state index contributed by atoms with van der Waals surface area (Å²) < 4.78 is 83.1. The Balaban J connectivity index is 0.00000392. The summed E-state index contributed by atoms with van der Waals surface area (Å²) in [6.07, 6.45) is -5.15. The molecule has 0 radical (unpaired) electrons. The van der Waals surface area contributed by atoms with Gasteiger partial charge in [-0.3, -0.25) is 0 Å². The van der Waals surface area contributed by atoms with Gasteiger partial charge in [-0.1, -0.05) is 30.2 Å². The molecule has 0 bridgehead atoms. The van der Waals surface area contributed by atoms with Crippen LogP contribution in [0, 0.1) is 0 Å². The molecule has 2 aromatic carbocycles. The lowest BCUT2D eigenvalue weighted by Crippen LogP contribution is -2.16. The standard InChI is InChI=1S/C17H18F3NO.ClH/c1-21-12-11-16(13-5-3-2-4-6-13)22-15-9-7-14(8-10-15)17(18,19)20;/h2-10,16,21H,11-12H2,1H3;1H/t16-;/m0./s1/i2D,3D,4D,5D,6D;. The molecule has 0 spiro atoms. The summed E-state index contributed by atoms with van der Waals surface area (Å²) in [5.74, 6) is 0.107. The van der Waals surface area contributed by atoms with Crippen LogP contribution in [-0.2, 0) is 6.18 Å². The Morgan fingerprint density at radius 1 is 1.13 bits per heavy atom. The van der Waals surface area contributed by atoms with E-state index in [9.17, 15) is 13.2 Å². The van der Waals surface area contributed by atoms with Crippen molar-refractivity contribution in [3.8, 4) is 5.75 Å².